The Morgan fingerprint density at radius 2 is 1.91 bits per heavy atom. The molecule has 4 heteroatoms. The summed E-state index contributed by atoms with van der Waals surface area (Å²) in [5, 5.41) is 9.21. The molecule has 0 saturated carbocycles. The van der Waals surface area contributed by atoms with Crippen molar-refractivity contribution in [1.82, 2.24) is 9.97 Å². The van der Waals surface area contributed by atoms with Crippen molar-refractivity contribution >= 4 is 0 Å². The fourth-order valence-electron chi connectivity index (χ4n) is 2.38. The summed E-state index contributed by atoms with van der Waals surface area (Å²) in [7, 11) is 1.55. The van der Waals surface area contributed by atoms with Crippen LogP contribution in [0.5, 0.6) is 5.75 Å². The van der Waals surface area contributed by atoms with Gasteiger partial charge in [-0.05, 0) is 29.8 Å². The summed E-state index contributed by atoms with van der Waals surface area (Å²) in [5.41, 5.74) is 3.33. The Bertz CT molecular complexity index is 854. The van der Waals surface area contributed by atoms with Crippen LogP contribution >= 0.6 is 0 Å². The highest BCUT2D eigenvalue weighted by Gasteiger charge is 2.08. The van der Waals surface area contributed by atoms with E-state index in [9.17, 15) is 5.26 Å². The van der Waals surface area contributed by atoms with Gasteiger partial charge in [0.05, 0.1) is 18.4 Å². The van der Waals surface area contributed by atoms with Crippen LogP contribution in [0.25, 0.3) is 11.3 Å². The van der Waals surface area contributed by atoms with Crippen LogP contribution in [-0.2, 0) is 6.42 Å². The molecule has 3 aromatic rings. The maximum Gasteiger partial charge on any atom is 0.136 e. The molecule has 0 aliphatic rings. The van der Waals surface area contributed by atoms with Gasteiger partial charge in [0.15, 0.2) is 0 Å². The second-order valence-corrected chi connectivity index (χ2v) is 5.05. The average Bonchev–Trinajstić information content (AvgIpc) is 2.62. The van der Waals surface area contributed by atoms with Crippen LogP contribution in [0.15, 0.2) is 60.8 Å². The second kappa shape index (κ2) is 6.71. The van der Waals surface area contributed by atoms with E-state index in [1.807, 2.05) is 30.3 Å². The van der Waals surface area contributed by atoms with Crippen molar-refractivity contribution in [2.75, 3.05) is 7.11 Å². The van der Waals surface area contributed by atoms with Crippen LogP contribution in [0.1, 0.15) is 17.0 Å². The predicted octanol–water partition coefficient (Wildman–Crippen LogP) is 3.61. The smallest absolute Gasteiger partial charge is 0.136 e. The van der Waals surface area contributed by atoms with Crippen molar-refractivity contribution in [3.8, 4) is 23.1 Å². The van der Waals surface area contributed by atoms with Gasteiger partial charge in [-0.15, -0.1) is 0 Å². The summed E-state index contributed by atoms with van der Waals surface area (Å²) in [6.45, 7) is 0. The van der Waals surface area contributed by atoms with E-state index in [4.69, 9.17) is 4.74 Å². The van der Waals surface area contributed by atoms with E-state index in [2.05, 4.69) is 28.2 Å². The summed E-state index contributed by atoms with van der Waals surface area (Å²) >= 11 is 0. The minimum absolute atomic E-state index is 0.494. The van der Waals surface area contributed by atoms with E-state index in [-0.39, 0.29) is 0 Å². The number of ether oxygens (including phenoxy) is 1. The van der Waals surface area contributed by atoms with E-state index in [0.29, 0.717) is 17.7 Å². The Morgan fingerprint density at radius 1 is 1.09 bits per heavy atom. The highest BCUT2D eigenvalue weighted by molar-refractivity contribution is 5.64. The first-order chi connectivity index (χ1) is 11.3. The number of nitriles is 1. The van der Waals surface area contributed by atoms with Gasteiger partial charge >= 0.3 is 0 Å². The predicted molar refractivity (Wildman–Crippen MR) is 88.0 cm³/mol. The molecule has 0 spiro atoms. The van der Waals surface area contributed by atoms with Gasteiger partial charge in [0.1, 0.15) is 17.6 Å². The monoisotopic (exact) mass is 301 g/mol. The van der Waals surface area contributed by atoms with Crippen molar-refractivity contribution in [1.29, 1.82) is 5.26 Å². The molecule has 1 heterocycles. The van der Waals surface area contributed by atoms with Gasteiger partial charge in [0, 0.05) is 18.2 Å². The average molecular weight is 301 g/mol. The molecule has 0 atom stereocenters. The Hall–Kier alpha value is -3.19. The maximum absolute atomic E-state index is 9.21. The molecule has 0 unspecified atom stereocenters. The number of methoxy groups -OCH3 is 1. The first-order valence-corrected chi connectivity index (χ1v) is 7.24. The molecule has 3 rings (SSSR count). The van der Waals surface area contributed by atoms with Crippen molar-refractivity contribution in [2.45, 2.75) is 6.42 Å². The fourth-order valence-corrected chi connectivity index (χ4v) is 2.38. The third kappa shape index (κ3) is 3.35. The van der Waals surface area contributed by atoms with Gasteiger partial charge in [0.25, 0.3) is 0 Å². The lowest BCUT2D eigenvalue weighted by atomic mass is 10.1. The minimum Gasteiger partial charge on any atom is -0.495 e. The SMILES string of the molecule is COc1ccc(-c2ccnc(Cc3ccccc3)n2)cc1C#N. The summed E-state index contributed by atoms with van der Waals surface area (Å²) in [6, 6.07) is 19.6. The molecular weight excluding hydrogens is 286 g/mol. The zero-order valence-corrected chi connectivity index (χ0v) is 12.7. The van der Waals surface area contributed by atoms with Gasteiger partial charge in [-0.1, -0.05) is 30.3 Å². The Morgan fingerprint density at radius 3 is 2.65 bits per heavy atom. The van der Waals surface area contributed by atoms with Gasteiger partial charge in [0.2, 0.25) is 0 Å². The van der Waals surface area contributed by atoms with Crippen molar-refractivity contribution < 1.29 is 4.74 Å². The number of hydrogen-bond donors (Lipinski definition) is 0. The summed E-state index contributed by atoms with van der Waals surface area (Å²) in [5.74, 6) is 1.32. The van der Waals surface area contributed by atoms with E-state index in [0.717, 1.165) is 22.6 Å². The lowest BCUT2D eigenvalue weighted by Gasteiger charge is -2.07. The lowest BCUT2D eigenvalue weighted by molar-refractivity contribution is 0.413. The van der Waals surface area contributed by atoms with Crippen molar-refractivity contribution in [3.05, 3.63) is 77.7 Å². The van der Waals surface area contributed by atoms with E-state index in [1.165, 1.54) is 0 Å². The molecule has 0 aliphatic carbocycles. The first-order valence-electron chi connectivity index (χ1n) is 7.24. The molecule has 112 valence electrons. The maximum atomic E-state index is 9.21. The van der Waals surface area contributed by atoms with Crippen LogP contribution in [-0.4, -0.2) is 17.1 Å². The first kappa shape index (κ1) is 14.7. The van der Waals surface area contributed by atoms with Crippen LogP contribution in [0.3, 0.4) is 0 Å². The molecule has 0 radical (unpaired) electrons. The summed E-state index contributed by atoms with van der Waals surface area (Å²) in [4.78, 5) is 8.94. The van der Waals surface area contributed by atoms with E-state index >= 15 is 0 Å². The molecule has 0 amide bonds. The lowest BCUT2D eigenvalue weighted by Crippen LogP contribution is -1.98. The summed E-state index contributed by atoms with van der Waals surface area (Å²) in [6.07, 6.45) is 2.42. The number of benzene rings is 2. The normalized spacial score (nSPS) is 10.1. The molecule has 4 nitrogen and oxygen atoms in total. The Kier molecular flexibility index (Phi) is 4.30. The Balaban J connectivity index is 1.92. The minimum atomic E-state index is 0.494. The van der Waals surface area contributed by atoms with Crippen LogP contribution in [0, 0.1) is 11.3 Å². The molecule has 0 fully saturated rings. The third-order valence-electron chi connectivity index (χ3n) is 3.53. The van der Waals surface area contributed by atoms with Crippen molar-refractivity contribution in [3.63, 3.8) is 0 Å². The van der Waals surface area contributed by atoms with Gasteiger partial charge in [-0.25, -0.2) is 9.97 Å². The molecule has 0 bridgehead atoms. The Labute approximate surface area is 135 Å². The third-order valence-corrected chi connectivity index (χ3v) is 3.53. The molecule has 23 heavy (non-hydrogen) atoms. The van der Waals surface area contributed by atoms with Gasteiger partial charge in [-0.3, -0.25) is 0 Å². The highest BCUT2D eigenvalue weighted by Crippen LogP contribution is 2.25. The molecular formula is C19H15N3O. The zero-order valence-electron chi connectivity index (χ0n) is 12.7. The summed E-state index contributed by atoms with van der Waals surface area (Å²) < 4.78 is 5.17. The van der Waals surface area contributed by atoms with Gasteiger partial charge < -0.3 is 4.74 Å². The van der Waals surface area contributed by atoms with E-state index < -0.39 is 0 Å². The quantitative estimate of drug-likeness (QED) is 0.738. The number of nitrogens with zero attached hydrogens (tertiary/aromatic N) is 3. The van der Waals surface area contributed by atoms with Crippen LogP contribution in [0.2, 0.25) is 0 Å². The standard InChI is InChI=1S/C19H15N3O/c1-23-18-8-7-15(12-16(18)13-20)17-9-10-21-19(22-17)11-14-5-3-2-4-6-14/h2-10,12H,11H2,1H3. The molecule has 0 N–H and O–H groups in total. The second-order valence-electron chi connectivity index (χ2n) is 5.05. The van der Waals surface area contributed by atoms with E-state index in [1.54, 1.807) is 25.4 Å². The number of rotatable bonds is 4. The molecule has 2 aromatic carbocycles. The number of aromatic nitrogens is 2. The molecule has 1 aromatic heterocycles. The van der Waals surface area contributed by atoms with Gasteiger partial charge in [-0.2, -0.15) is 5.26 Å². The fraction of sp³-hybridized carbons (Fsp3) is 0.105. The van der Waals surface area contributed by atoms with Crippen molar-refractivity contribution in [2.24, 2.45) is 0 Å². The topological polar surface area (TPSA) is 58.8 Å². The van der Waals surface area contributed by atoms with Crippen LogP contribution in [0.4, 0.5) is 0 Å². The largest absolute Gasteiger partial charge is 0.495 e. The molecule has 0 aliphatic heterocycles. The highest BCUT2D eigenvalue weighted by atomic mass is 16.5. The molecule has 0 saturated heterocycles. The number of hydrogen-bond acceptors (Lipinski definition) is 4. The zero-order chi connectivity index (χ0) is 16.1. The van der Waals surface area contributed by atoms with Crippen LogP contribution < -0.4 is 4.74 Å².